The van der Waals surface area contributed by atoms with Crippen LogP contribution in [0.5, 0.6) is 0 Å². The van der Waals surface area contributed by atoms with E-state index in [9.17, 15) is 9.18 Å². The van der Waals surface area contributed by atoms with Crippen molar-refractivity contribution in [2.75, 3.05) is 5.32 Å². The van der Waals surface area contributed by atoms with Crippen LogP contribution in [0.25, 0.3) is 10.9 Å². The Morgan fingerprint density at radius 1 is 1.38 bits per heavy atom. The van der Waals surface area contributed by atoms with Crippen LogP contribution >= 0.6 is 11.3 Å². The maximum atomic E-state index is 13.1. The van der Waals surface area contributed by atoms with Crippen LogP contribution in [0.3, 0.4) is 0 Å². The highest BCUT2D eigenvalue weighted by molar-refractivity contribution is 7.15. The van der Waals surface area contributed by atoms with Gasteiger partial charge in [-0.25, -0.2) is 4.39 Å². The van der Waals surface area contributed by atoms with Gasteiger partial charge in [-0.1, -0.05) is 18.3 Å². The van der Waals surface area contributed by atoms with Crippen LogP contribution in [0.1, 0.15) is 28.8 Å². The molecule has 0 fully saturated rings. The second-order valence-electron chi connectivity index (χ2n) is 4.62. The number of nitrogens with zero attached hydrogens (tertiary/aromatic N) is 2. The van der Waals surface area contributed by atoms with Gasteiger partial charge in [-0.2, -0.15) is 0 Å². The molecule has 2 heterocycles. The summed E-state index contributed by atoms with van der Waals surface area (Å²) in [5.41, 5.74) is 1.08. The van der Waals surface area contributed by atoms with Crippen LogP contribution in [-0.4, -0.2) is 21.1 Å². The number of carbonyl (C=O) groups is 1. The summed E-state index contributed by atoms with van der Waals surface area (Å²) in [6.45, 7) is 2.06. The summed E-state index contributed by atoms with van der Waals surface area (Å²) in [7, 11) is 0. The first-order valence-electron chi connectivity index (χ1n) is 6.57. The van der Waals surface area contributed by atoms with E-state index in [1.807, 2.05) is 0 Å². The molecule has 7 heteroatoms. The smallest absolute Gasteiger partial charge is 0.273 e. The molecule has 0 bridgehead atoms. The summed E-state index contributed by atoms with van der Waals surface area (Å²) in [5.74, 6) is -0.646. The molecule has 108 valence electrons. The molecule has 2 N–H and O–H groups in total. The number of hydrogen-bond donors (Lipinski definition) is 2. The predicted octanol–water partition coefficient (Wildman–Crippen LogP) is 3.36. The number of rotatable bonds is 4. The van der Waals surface area contributed by atoms with Gasteiger partial charge < -0.3 is 4.98 Å². The van der Waals surface area contributed by atoms with Crippen LogP contribution in [-0.2, 0) is 6.42 Å². The number of halogens is 1. The summed E-state index contributed by atoms with van der Waals surface area (Å²) in [5, 5.41) is 12.6. The van der Waals surface area contributed by atoms with Gasteiger partial charge in [0.2, 0.25) is 5.13 Å². The lowest BCUT2D eigenvalue weighted by Gasteiger charge is -1.97. The first-order chi connectivity index (χ1) is 10.2. The third kappa shape index (κ3) is 2.92. The minimum absolute atomic E-state index is 0.314. The van der Waals surface area contributed by atoms with Gasteiger partial charge in [-0.15, -0.1) is 10.2 Å². The third-order valence-electron chi connectivity index (χ3n) is 2.98. The number of hydrogen-bond acceptors (Lipinski definition) is 4. The summed E-state index contributed by atoms with van der Waals surface area (Å²) in [6, 6.07) is 5.95. The zero-order valence-electron chi connectivity index (χ0n) is 11.3. The molecule has 3 rings (SSSR count). The molecule has 0 unspecified atom stereocenters. The molecule has 5 nitrogen and oxygen atoms in total. The van der Waals surface area contributed by atoms with Crippen molar-refractivity contribution >= 4 is 33.3 Å². The Morgan fingerprint density at radius 2 is 2.24 bits per heavy atom. The van der Waals surface area contributed by atoms with E-state index in [0.717, 1.165) is 17.8 Å². The molecule has 0 aliphatic rings. The average Bonchev–Trinajstić information content (AvgIpc) is 3.05. The fourth-order valence-electron chi connectivity index (χ4n) is 2.01. The van der Waals surface area contributed by atoms with Gasteiger partial charge in [0.1, 0.15) is 16.5 Å². The summed E-state index contributed by atoms with van der Waals surface area (Å²) >= 11 is 1.36. The van der Waals surface area contributed by atoms with Crippen LogP contribution < -0.4 is 5.32 Å². The molecule has 0 aliphatic carbocycles. The quantitative estimate of drug-likeness (QED) is 0.776. The lowest BCUT2D eigenvalue weighted by atomic mass is 10.2. The molecule has 0 radical (unpaired) electrons. The minimum Gasteiger partial charge on any atom is -0.351 e. The lowest BCUT2D eigenvalue weighted by molar-refractivity contribution is 0.102. The molecule has 21 heavy (non-hydrogen) atoms. The van der Waals surface area contributed by atoms with Crippen molar-refractivity contribution in [3.8, 4) is 0 Å². The van der Waals surface area contributed by atoms with Crippen molar-refractivity contribution in [3.05, 3.63) is 40.8 Å². The Hall–Kier alpha value is -2.28. The van der Waals surface area contributed by atoms with E-state index in [-0.39, 0.29) is 11.7 Å². The van der Waals surface area contributed by atoms with E-state index in [2.05, 4.69) is 27.4 Å². The maximum Gasteiger partial charge on any atom is 0.273 e. The SMILES string of the molecule is CCCc1nnc(NC(=O)c2cc3cc(F)ccc3[nH]2)s1. The van der Waals surface area contributed by atoms with E-state index in [1.165, 1.54) is 23.5 Å². The fraction of sp³-hybridized carbons (Fsp3) is 0.214. The first-order valence-corrected chi connectivity index (χ1v) is 7.39. The molecule has 2 aromatic heterocycles. The van der Waals surface area contributed by atoms with Crippen LogP contribution in [0.4, 0.5) is 9.52 Å². The number of benzene rings is 1. The maximum absolute atomic E-state index is 13.1. The number of nitrogens with one attached hydrogen (secondary N) is 2. The summed E-state index contributed by atoms with van der Waals surface area (Å²) in [6.07, 6.45) is 1.83. The standard InChI is InChI=1S/C14H13FN4OS/c1-2-3-12-18-19-14(21-12)17-13(20)11-7-8-6-9(15)4-5-10(8)16-11/h4-7,16H,2-3H2,1H3,(H,17,19,20). The van der Waals surface area contributed by atoms with Crippen molar-refractivity contribution in [2.45, 2.75) is 19.8 Å². The normalized spacial score (nSPS) is 11.0. The highest BCUT2D eigenvalue weighted by Crippen LogP contribution is 2.20. The van der Waals surface area contributed by atoms with Gasteiger partial charge in [-0.3, -0.25) is 10.1 Å². The molecule has 1 aromatic carbocycles. The minimum atomic E-state index is -0.332. The zero-order valence-corrected chi connectivity index (χ0v) is 12.1. The van der Waals surface area contributed by atoms with Crippen molar-refractivity contribution in [1.82, 2.24) is 15.2 Å². The van der Waals surface area contributed by atoms with Crippen molar-refractivity contribution in [1.29, 1.82) is 0 Å². The Labute approximate surface area is 124 Å². The van der Waals surface area contributed by atoms with Crippen molar-refractivity contribution in [3.63, 3.8) is 0 Å². The lowest BCUT2D eigenvalue weighted by Crippen LogP contribution is -2.11. The van der Waals surface area contributed by atoms with Crippen LogP contribution in [0, 0.1) is 5.82 Å². The van der Waals surface area contributed by atoms with Crippen molar-refractivity contribution in [2.24, 2.45) is 0 Å². The number of fused-ring (bicyclic) bond motifs is 1. The second kappa shape index (κ2) is 5.61. The number of amides is 1. The number of aryl methyl sites for hydroxylation is 1. The Balaban J connectivity index is 1.79. The van der Waals surface area contributed by atoms with E-state index < -0.39 is 0 Å². The second-order valence-corrected chi connectivity index (χ2v) is 5.68. The van der Waals surface area contributed by atoms with E-state index in [1.54, 1.807) is 12.1 Å². The molecular weight excluding hydrogens is 291 g/mol. The summed E-state index contributed by atoms with van der Waals surface area (Å²) < 4.78 is 13.1. The molecule has 3 aromatic rings. The average molecular weight is 304 g/mol. The van der Waals surface area contributed by atoms with Gasteiger partial charge in [-0.05, 0) is 30.7 Å². The Kier molecular flexibility index (Phi) is 3.66. The van der Waals surface area contributed by atoms with Gasteiger partial charge >= 0.3 is 0 Å². The predicted molar refractivity (Wildman–Crippen MR) is 80.1 cm³/mol. The number of aromatic amines is 1. The largest absolute Gasteiger partial charge is 0.351 e. The number of carbonyl (C=O) groups excluding carboxylic acids is 1. The molecule has 0 atom stereocenters. The van der Waals surface area contributed by atoms with Gasteiger partial charge in [0.25, 0.3) is 5.91 Å². The first kappa shape index (κ1) is 13.7. The van der Waals surface area contributed by atoms with Gasteiger partial charge in [0.15, 0.2) is 0 Å². The number of aromatic nitrogens is 3. The molecule has 0 aliphatic heterocycles. The zero-order chi connectivity index (χ0) is 14.8. The summed E-state index contributed by atoms with van der Waals surface area (Å²) in [4.78, 5) is 15.1. The Bertz CT molecular complexity index is 795. The monoisotopic (exact) mass is 304 g/mol. The van der Waals surface area contributed by atoms with Gasteiger partial charge in [0, 0.05) is 17.3 Å². The molecule has 0 spiro atoms. The van der Waals surface area contributed by atoms with E-state index in [4.69, 9.17) is 0 Å². The molecule has 1 amide bonds. The molecule has 0 saturated heterocycles. The molecular formula is C14H13FN4OS. The number of H-pyrrole nitrogens is 1. The number of anilines is 1. The highest BCUT2D eigenvalue weighted by Gasteiger charge is 2.12. The van der Waals surface area contributed by atoms with Crippen molar-refractivity contribution < 1.29 is 9.18 Å². The fourth-order valence-corrected chi connectivity index (χ4v) is 2.85. The topological polar surface area (TPSA) is 70.7 Å². The van der Waals surface area contributed by atoms with Crippen LogP contribution in [0.2, 0.25) is 0 Å². The van der Waals surface area contributed by atoms with Gasteiger partial charge in [0.05, 0.1) is 0 Å². The molecule has 0 saturated carbocycles. The van der Waals surface area contributed by atoms with E-state index in [0.29, 0.717) is 21.7 Å². The highest BCUT2D eigenvalue weighted by atomic mass is 32.1. The Morgan fingerprint density at radius 3 is 3.05 bits per heavy atom. The van der Waals surface area contributed by atoms with Crippen LogP contribution in [0.15, 0.2) is 24.3 Å². The van der Waals surface area contributed by atoms with E-state index >= 15 is 0 Å². The third-order valence-corrected chi connectivity index (χ3v) is 3.88.